The number of nitrogens with one attached hydrogen (secondary N) is 1. The average molecular weight is 711 g/mol. The number of carbonyl (C=O) groups excluding carboxylic acids is 2. The van der Waals surface area contributed by atoms with E-state index in [1.807, 2.05) is 22.6 Å². The summed E-state index contributed by atoms with van der Waals surface area (Å²) in [6, 6.07) is 8.66. The number of rotatable bonds is 16. The van der Waals surface area contributed by atoms with Gasteiger partial charge in [0, 0.05) is 31.5 Å². The molecule has 0 saturated heterocycles. The van der Waals surface area contributed by atoms with Gasteiger partial charge >= 0.3 is 0 Å². The zero-order valence-corrected chi connectivity index (χ0v) is 26.5. The quantitative estimate of drug-likeness (QED) is 0.119. The highest BCUT2D eigenvalue weighted by Crippen LogP contribution is 2.37. The predicted molar refractivity (Wildman–Crippen MR) is 169 cm³/mol. The Hall–Kier alpha value is -3.00. The van der Waals surface area contributed by atoms with E-state index in [1.165, 1.54) is 25.3 Å². The van der Waals surface area contributed by atoms with E-state index in [-0.39, 0.29) is 50.9 Å². The molecule has 2 aromatic rings. The third-order valence-electron chi connectivity index (χ3n) is 7.24. The number of carbonyl (C=O) groups is 2. The van der Waals surface area contributed by atoms with Crippen molar-refractivity contribution in [2.24, 2.45) is 0 Å². The number of aliphatic hydroxyl groups is 3. The lowest BCUT2D eigenvalue weighted by atomic mass is 9.87. The van der Waals surface area contributed by atoms with Crippen LogP contribution in [0.25, 0.3) is 0 Å². The van der Waals surface area contributed by atoms with Crippen LogP contribution in [0.1, 0.15) is 43.2 Å². The van der Waals surface area contributed by atoms with Gasteiger partial charge < -0.3 is 35.0 Å². The van der Waals surface area contributed by atoms with Gasteiger partial charge in [0.1, 0.15) is 18.0 Å². The van der Waals surface area contributed by atoms with Gasteiger partial charge in [-0.05, 0) is 89.7 Å². The van der Waals surface area contributed by atoms with Crippen molar-refractivity contribution in [2.75, 3.05) is 26.8 Å². The summed E-state index contributed by atoms with van der Waals surface area (Å²) in [4.78, 5) is 28.3. The summed E-state index contributed by atoms with van der Waals surface area (Å²) < 4.78 is 26.3. The van der Waals surface area contributed by atoms with E-state index < -0.39 is 24.2 Å². The van der Waals surface area contributed by atoms with Gasteiger partial charge in [0.25, 0.3) is 0 Å². The fourth-order valence-electron chi connectivity index (χ4n) is 5.02. The van der Waals surface area contributed by atoms with Crippen LogP contribution >= 0.6 is 22.6 Å². The molecule has 234 valence electrons. The first-order valence-electron chi connectivity index (χ1n) is 14.3. The van der Waals surface area contributed by atoms with E-state index in [0.29, 0.717) is 44.6 Å². The van der Waals surface area contributed by atoms with Crippen molar-refractivity contribution in [3.8, 4) is 11.5 Å². The number of hydrogen-bond donors (Lipinski definition) is 4. The Bertz CT molecular complexity index is 1290. The van der Waals surface area contributed by atoms with Crippen LogP contribution in [0.3, 0.4) is 0 Å². The molecule has 0 bridgehead atoms. The van der Waals surface area contributed by atoms with Gasteiger partial charge in [-0.3, -0.25) is 9.59 Å². The number of methoxy groups -OCH3 is 1. The van der Waals surface area contributed by atoms with Crippen LogP contribution in [0.15, 0.2) is 60.7 Å². The SMILES string of the molecule is C=CCCCCC(=O)N(CCc1cccc(F)c1)C1CC(C(=O)NCCO)=CC(Oc2c(I)cc(CO)cc2OC)C1O. The van der Waals surface area contributed by atoms with Gasteiger partial charge in [-0.2, -0.15) is 0 Å². The van der Waals surface area contributed by atoms with Gasteiger partial charge in [-0.15, -0.1) is 6.58 Å². The highest BCUT2D eigenvalue weighted by atomic mass is 127. The minimum Gasteiger partial charge on any atom is -0.493 e. The Labute approximate surface area is 265 Å². The smallest absolute Gasteiger partial charge is 0.247 e. The zero-order valence-electron chi connectivity index (χ0n) is 24.3. The number of benzene rings is 2. The summed E-state index contributed by atoms with van der Waals surface area (Å²) in [7, 11) is 1.46. The van der Waals surface area contributed by atoms with Crippen LogP contribution in [-0.4, -0.2) is 77.1 Å². The molecule has 9 nitrogen and oxygen atoms in total. The molecule has 43 heavy (non-hydrogen) atoms. The zero-order chi connectivity index (χ0) is 31.4. The molecular weight excluding hydrogens is 670 g/mol. The van der Waals surface area contributed by atoms with Crippen molar-refractivity contribution >= 4 is 34.4 Å². The topological polar surface area (TPSA) is 129 Å². The lowest BCUT2D eigenvalue weighted by Gasteiger charge is -2.41. The molecule has 0 aliphatic heterocycles. The number of halogens is 2. The van der Waals surface area contributed by atoms with Crippen LogP contribution in [0.2, 0.25) is 0 Å². The molecule has 4 N–H and O–H groups in total. The molecule has 3 unspecified atom stereocenters. The van der Waals surface area contributed by atoms with Crippen LogP contribution in [-0.2, 0) is 22.6 Å². The fourth-order valence-corrected chi connectivity index (χ4v) is 5.81. The van der Waals surface area contributed by atoms with E-state index in [4.69, 9.17) is 9.47 Å². The Morgan fingerprint density at radius 1 is 1.21 bits per heavy atom. The fraction of sp³-hybridized carbons (Fsp3) is 0.438. The van der Waals surface area contributed by atoms with Gasteiger partial charge in [0.05, 0.1) is 29.9 Å². The van der Waals surface area contributed by atoms with Crippen molar-refractivity contribution in [1.82, 2.24) is 10.2 Å². The Morgan fingerprint density at radius 3 is 2.67 bits per heavy atom. The van der Waals surface area contributed by atoms with Crippen molar-refractivity contribution in [3.05, 3.63) is 81.2 Å². The largest absolute Gasteiger partial charge is 0.493 e. The maximum absolute atomic E-state index is 13.9. The van der Waals surface area contributed by atoms with Crippen LogP contribution < -0.4 is 14.8 Å². The summed E-state index contributed by atoms with van der Waals surface area (Å²) in [6.45, 7) is 3.50. The van der Waals surface area contributed by atoms with Gasteiger partial charge in [-0.25, -0.2) is 4.39 Å². The van der Waals surface area contributed by atoms with E-state index in [2.05, 4.69) is 11.9 Å². The van der Waals surface area contributed by atoms with Crippen molar-refractivity contribution in [1.29, 1.82) is 0 Å². The van der Waals surface area contributed by atoms with Crippen molar-refractivity contribution in [2.45, 2.75) is 63.4 Å². The molecule has 11 heteroatoms. The Balaban J connectivity index is 1.98. The first-order chi connectivity index (χ1) is 20.7. The molecule has 0 fully saturated rings. The number of unbranched alkanes of at least 4 members (excludes halogenated alkanes) is 2. The van der Waals surface area contributed by atoms with E-state index in [9.17, 15) is 29.3 Å². The normalized spacial score (nSPS) is 18.0. The lowest BCUT2D eigenvalue weighted by molar-refractivity contribution is -0.138. The second kappa shape index (κ2) is 17.3. The second-order valence-electron chi connectivity index (χ2n) is 10.3. The molecule has 3 rings (SSSR count). The molecular formula is C32H40FIN2O7. The summed E-state index contributed by atoms with van der Waals surface area (Å²) in [6.07, 6.45) is 3.86. The minimum absolute atomic E-state index is 0.0365. The molecule has 1 aliphatic rings. The number of nitrogens with zero attached hydrogens (tertiary/aromatic N) is 1. The van der Waals surface area contributed by atoms with Gasteiger partial charge in [0.2, 0.25) is 11.8 Å². The molecule has 0 spiro atoms. The monoisotopic (exact) mass is 710 g/mol. The van der Waals surface area contributed by atoms with Crippen molar-refractivity contribution in [3.63, 3.8) is 0 Å². The number of allylic oxidation sites excluding steroid dienone is 1. The van der Waals surface area contributed by atoms with Crippen molar-refractivity contribution < 1.29 is 38.8 Å². The highest BCUT2D eigenvalue weighted by molar-refractivity contribution is 14.1. The van der Waals surface area contributed by atoms with Crippen LogP contribution in [0.5, 0.6) is 11.5 Å². The molecule has 1 aliphatic carbocycles. The number of amides is 2. The van der Waals surface area contributed by atoms with E-state index >= 15 is 0 Å². The minimum atomic E-state index is -1.22. The molecule has 0 radical (unpaired) electrons. The first kappa shape index (κ1) is 34.5. The summed E-state index contributed by atoms with van der Waals surface area (Å²) in [5.41, 5.74) is 1.60. The predicted octanol–water partition coefficient (Wildman–Crippen LogP) is 3.66. The standard InChI is InChI=1S/C32H40FIN2O7/c1-3-4-5-6-10-29(39)36(13-11-21-8-7-9-24(33)15-21)26-18-23(32(41)35-12-14-37)19-27(30(26)40)43-31-25(34)16-22(20-38)17-28(31)42-2/h3,7-9,15-17,19,26-27,30,37-38,40H,1,4-6,10-14,18,20H2,2H3,(H,35,41). The lowest BCUT2D eigenvalue weighted by Crippen LogP contribution is -2.55. The number of aliphatic hydroxyl groups excluding tert-OH is 3. The molecule has 0 saturated carbocycles. The highest BCUT2D eigenvalue weighted by Gasteiger charge is 2.40. The second-order valence-corrected chi connectivity index (χ2v) is 11.4. The maximum Gasteiger partial charge on any atom is 0.247 e. The molecule has 2 amide bonds. The summed E-state index contributed by atoms with van der Waals surface area (Å²) >= 11 is 2.04. The molecule has 0 aromatic heterocycles. The van der Waals surface area contributed by atoms with Crippen LogP contribution in [0.4, 0.5) is 4.39 Å². The van der Waals surface area contributed by atoms with E-state index in [1.54, 1.807) is 35.2 Å². The molecule has 2 aromatic carbocycles. The maximum atomic E-state index is 13.9. The van der Waals surface area contributed by atoms with E-state index in [0.717, 1.165) is 12.8 Å². The summed E-state index contributed by atoms with van der Waals surface area (Å²) in [5, 5.41) is 33.2. The first-order valence-corrected chi connectivity index (χ1v) is 15.4. The number of hydrogen-bond acceptors (Lipinski definition) is 7. The average Bonchev–Trinajstić information content (AvgIpc) is 3.00. The Kier molecular flexibility index (Phi) is 13.9. The molecule has 3 atom stereocenters. The Morgan fingerprint density at radius 2 is 2.00 bits per heavy atom. The summed E-state index contributed by atoms with van der Waals surface area (Å²) in [5.74, 6) is -0.364. The van der Waals surface area contributed by atoms with Gasteiger partial charge in [0.15, 0.2) is 11.5 Å². The third-order valence-corrected chi connectivity index (χ3v) is 8.04. The van der Waals surface area contributed by atoms with Crippen LogP contribution in [0, 0.1) is 9.39 Å². The molecule has 0 heterocycles. The third kappa shape index (κ3) is 9.75. The number of ether oxygens (including phenoxy) is 2. The van der Waals surface area contributed by atoms with Gasteiger partial charge in [-0.1, -0.05) is 18.2 Å².